The van der Waals surface area contributed by atoms with Crippen LogP contribution >= 0.6 is 22.7 Å². The number of benzene rings is 1. The van der Waals surface area contributed by atoms with Crippen LogP contribution < -0.4 is 10.9 Å². The number of amides is 1. The minimum absolute atomic E-state index is 0.0402. The van der Waals surface area contributed by atoms with Crippen molar-refractivity contribution in [2.24, 2.45) is 0 Å². The Balaban J connectivity index is 1.63. The molecular weight excluding hydrogens is 344 g/mol. The molecule has 3 aromatic heterocycles. The molecule has 0 atom stereocenters. The molecule has 0 fully saturated rings. The third-order valence-electron chi connectivity index (χ3n) is 3.38. The van der Waals surface area contributed by atoms with Gasteiger partial charge in [-0.15, -0.1) is 22.7 Å². The number of aromatic nitrogens is 1. The summed E-state index contributed by atoms with van der Waals surface area (Å²) in [4.78, 5) is 29.8. The smallest absolute Gasteiger partial charge is 0.349 e. The van der Waals surface area contributed by atoms with E-state index in [1.807, 2.05) is 29.0 Å². The zero-order valence-electron chi connectivity index (χ0n) is 12.2. The molecule has 1 N–H and O–H groups in total. The van der Waals surface area contributed by atoms with Gasteiger partial charge in [-0.3, -0.25) is 10.1 Å². The molecule has 7 heteroatoms. The molecular formula is C17H10N2O3S2. The number of thiazole rings is 1. The Morgan fingerprint density at radius 3 is 2.83 bits per heavy atom. The van der Waals surface area contributed by atoms with Crippen molar-refractivity contribution in [3.05, 3.63) is 69.2 Å². The molecule has 3 heterocycles. The van der Waals surface area contributed by atoms with Crippen molar-refractivity contribution in [2.75, 3.05) is 5.32 Å². The molecule has 4 aromatic rings. The van der Waals surface area contributed by atoms with Gasteiger partial charge in [-0.25, -0.2) is 9.78 Å². The largest absolute Gasteiger partial charge is 0.422 e. The Morgan fingerprint density at radius 1 is 1.12 bits per heavy atom. The maximum Gasteiger partial charge on any atom is 0.349 e. The summed E-state index contributed by atoms with van der Waals surface area (Å²) < 4.78 is 5.18. The molecule has 0 aliphatic carbocycles. The van der Waals surface area contributed by atoms with Crippen LogP contribution in [0.25, 0.3) is 21.5 Å². The summed E-state index contributed by atoms with van der Waals surface area (Å²) in [5, 5.41) is 7.63. The van der Waals surface area contributed by atoms with Crippen LogP contribution in [0.1, 0.15) is 10.4 Å². The Morgan fingerprint density at radius 2 is 2.00 bits per heavy atom. The van der Waals surface area contributed by atoms with E-state index in [1.165, 1.54) is 17.4 Å². The number of nitrogens with zero attached hydrogens (tertiary/aromatic N) is 1. The zero-order chi connectivity index (χ0) is 16.5. The average molecular weight is 354 g/mol. The summed E-state index contributed by atoms with van der Waals surface area (Å²) >= 11 is 2.89. The van der Waals surface area contributed by atoms with Crippen LogP contribution in [0.4, 0.5) is 5.13 Å². The Labute approximate surface area is 144 Å². The van der Waals surface area contributed by atoms with Crippen molar-refractivity contribution in [3.8, 4) is 10.6 Å². The van der Waals surface area contributed by atoms with E-state index in [1.54, 1.807) is 29.5 Å². The molecule has 118 valence electrons. The van der Waals surface area contributed by atoms with Crippen LogP contribution in [-0.4, -0.2) is 10.9 Å². The summed E-state index contributed by atoms with van der Waals surface area (Å²) in [5.41, 5.74) is 0.548. The Kier molecular flexibility index (Phi) is 3.72. The fraction of sp³-hybridized carbons (Fsp3) is 0. The normalized spacial score (nSPS) is 10.8. The molecule has 0 aliphatic rings. The van der Waals surface area contributed by atoms with Crippen LogP contribution in [0.15, 0.2) is 62.4 Å². The summed E-state index contributed by atoms with van der Waals surface area (Å²) in [6.07, 6.45) is 0. The number of thiophene rings is 1. The quantitative estimate of drug-likeness (QED) is 0.559. The molecule has 5 nitrogen and oxygen atoms in total. The van der Waals surface area contributed by atoms with Crippen LogP contribution in [0.2, 0.25) is 0 Å². The average Bonchev–Trinajstić information content (AvgIpc) is 3.25. The monoisotopic (exact) mass is 354 g/mol. The van der Waals surface area contributed by atoms with Gasteiger partial charge in [-0.1, -0.05) is 24.3 Å². The molecule has 1 aromatic carbocycles. The van der Waals surface area contributed by atoms with E-state index in [-0.39, 0.29) is 5.56 Å². The lowest BCUT2D eigenvalue weighted by Gasteiger charge is -2.02. The number of carbonyl (C=O) groups is 1. The van der Waals surface area contributed by atoms with Crippen LogP contribution in [0.5, 0.6) is 0 Å². The lowest BCUT2D eigenvalue weighted by molar-refractivity contribution is 0.102. The van der Waals surface area contributed by atoms with E-state index in [9.17, 15) is 9.59 Å². The highest BCUT2D eigenvalue weighted by molar-refractivity contribution is 7.16. The maximum absolute atomic E-state index is 12.4. The van der Waals surface area contributed by atoms with Crippen molar-refractivity contribution in [2.45, 2.75) is 0 Å². The first kappa shape index (κ1) is 14.8. The molecule has 1 amide bonds. The van der Waals surface area contributed by atoms with Gasteiger partial charge in [0.25, 0.3) is 5.91 Å². The summed E-state index contributed by atoms with van der Waals surface area (Å²) in [6, 6.07) is 12.5. The van der Waals surface area contributed by atoms with Crippen molar-refractivity contribution in [1.29, 1.82) is 0 Å². The molecule has 0 spiro atoms. The third kappa shape index (κ3) is 2.75. The van der Waals surface area contributed by atoms with Gasteiger partial charge in [0.1, 0.15) is 11.1 Å². The predicted molar refractivity (Wildman–Crippen MR) is 95.9 cm³/mol. The van der Waals surface area contributed by atoms with Crippen molar-refractivity contribution in [1.82, 2.24) is 4.98 Å². The first-order valence-corrected chi connectivity index (χ1v) is 8.80. The minimum Gasteiger partial charge on any atom is -0.422 e. The van der Waals surface area contributed by atoms with E-state index in [2.05, 4.69) is 10.3 Å². The maximum atomic E-state index is 12.4. The summed E-state index contributed by atoms with van der Waals surface area (Å²) in [6.45, 7) is 0. The summed E-state index contributed by atoms with van der Waals surface area (Å²) in [5.74, 6) is -0.526. The Bertz CT molecular complexity index is 1080. The van der Waals surface area contributed by atoms with Crippen molar-refractivity contribution < 1.29 is 9.21 Å². The van der Waals surface area contributed by atoms with E-state index in [4.69, 9.17) is 4.42 Å². The van der Waals surface area contributed by atoms with Gasteiger partial charge < -0.3 is 4.42 Å². The second-order valence-electron chi connectivity index (χ2n) is 4.95. The van der Waals surface area contributed by atoms with Gasteiger partial charge in [-0.05, 0) is 23.6 Å². The topological polar surface area (TPSA) is 72.2 Å². The number of fused-ring (bicyclic) bond motifs is 1. The van der Waals surface area contributed by atoms with Crippen LogP contribution in [0, 0.1) is 0 Å². The Hall–Kier alpha value is -2.77. The van der Waals surface area contributed by atoms with Gasteiger partial charge in [-0.2, -0.15) is 0 Å². The fourth-order valence-electron chi connectivity index (χ4n) is 2.25. The molecule has 24 heavy (non-hydrogen) atoms. The minimum atomic E-state index is -0.666. The molecule has 0 radical (unpaired) electrons. The fourth-order valence-corrected chi connectivity index (χ4v) is 3.72. The van der Waals surface area contributed by atoms with Crippen LogP contribution in [-0.2, 0) is 0 Å². The second-order valence-corrected chi connectivity index (χ2v) is 6.76. The molecule has 0 saturated heterocycles. The van der Waals surface area contributed by atoms with E-state index < -0.39 is 11.5 Å². The third-order valence-corrected chi connectivity index (χ3v) is 5.03. The number of hydrogen-bond donors (Lipinski definition) is 1. The van der Waals surface area contributed by atoms with Crippen molar-refractivity contribution >= 4 is 44.7 Å². The molecule has 0 aliphatic heterocycles. The SMILES string of the molecule is O=C(Nc1nc(-c2cccs2)cs1)c1cc2ccccc2oc1=O. The highest BCUT2D eigenvalue weighted by atomic mass is 32.1. The molecule has 0 unspecified atom stereocenters. The van der Waals surface area contributed by atoms with Gasteiger partial charge in [0.2, 0.25) is 0 Å². The number of para-hydroxylation sites is 1. The first-order valence-electron chi connectivity index (χ1n) is 7.04. The van der Waals surface area contributed by atoms with E-state index in [0.29, 0.717) is 16.1 Å². The van der Waals surface area contributed by atoms with Gasteiger partial charge in [0.15, 0.2) is 5.13 Å². The van der Waals surface area contributed by atoms with E-state index >= 15 is 0 Å². The number of carbonyl (C=O) groups excluding carboxylic acids is 1. The second kappa shape index (κ2) is 6.03. The zero-order valence-corrected chi connectivity index (χ0v) is 13.8. The molecule has 0 bridgehead atoms. The van der Waals surface area contributed by atoms with Crippen LogP contribution in [0.3, 0.4) is 0 Å². The van der Waals surface area contributed by atoms with Crippen molar-refractivity contribution in [3.63, 3.8) is 0 Å². The molecule has 0 saturated carbocycles. The lowest BCUT2D eigenvalue weighted by Crippen LogP contribution is -2.20. The van der Waals surface area contributed by atoms with Gasteiger partial charge >= 0.3 is 5.63 Å². The molecule has 4 rings (SSSR count). The van der Waals surface area contributed by atoms with Gasteiger partial charge in [0, 0.05) is 10.8 Å². The van der Waals surface area contributed by atoms with Gasteiger partial charge in [0.05, 0.1) is 10.6 Å². The summed E-state index contributed by atoms with van der Waals surface area (Å²) in [7, 11) is 0. The predicted octanol–water partition coefficient (Wildman–Crippen LogP) is 4.23. The highest BCUT2D eigenvalue weighted by Gasteiger charge is 2.15. The number of anilines is 1. The highest BCUT2D eigenvalue weighted by Crippen LogP contribution is 2.28. The number of nitrogens with one attached hydrogen (secondary N) is 1. The number of hydrogen-bond acceptors (Lipinski definition) is 6. The lowest BCUT2D eigenvalue weighted by atomic mass is 10.2. The standard InChI is InChI=1S/C17H10N2O3S2/c20-15(11-8-10-4-1-2-5-13(10)22-16(11)21)19-17-18-12(9-24-17)14-6-3-7-23-14/h1-9H,(H,18,19,20). The number of rotatable bonds is 3. The first-order chi connectivity index (χ1) is 11.7. The van der Waals surface area contributed by atoms with E-state index in [0.717, 1.165) is 10.6 Å².